The van der Waals surface area contributed by atoms with Crippen LogP contribution in [0.1, 0.15) is 13.8 Å². The van der Waals surface area contributed by atoms with Gasteiger partial charge in [-0.3, -0.25) is 4.79 Å². The molecule has 1 amide bonds. The van der Waals surface area contributed by atoms with E-state index in [1.165, 1.54) is 11.8 Å². The summed E-state index contributed by atoms with van der Waals surface area (Å²) in [5, 5.41) is 5.94. The van der Waals surface area contributed by atoms with Gasteiger partial charge in [0.1, 0.15) is 0 Å². The van der Waals surface area contributed by atoms with E-state index >= 15 is 0 Å². The number of carbonyl (C=O) groups is 1. The molecule has 0 saturated carbocycles. The molecule has 0 aliphatic heterocycles. The zero-order valence-electron chi connectivity index (χ0n) is 9.91. The quantitative estimate of drug-likeness (QED) is 0.774. The van der Waals surface area contributed by atoms with Crippen molar-refractivity contribution in [1.29, 1.82) is 0 Å². The third-order valence-electron chi connectivity index (χ3n) is 2.17. The molecule has 1 unspecified atom stereocenters. The maximum absolute atomic E-state index is 10.8. The zero-order chi connectivity index (χ0) is 12.0. The Morgan fingerprint density at radius 3 is 2.50 bits per heavy atom. The van der Waals surface area contributed by atoms with E-state index in [2.05, 4.69) is 17.6 Å². The van der Waals surface area contributed by atoms with Gasteiger partial charge in [0.25, 0.3) is 0 Å². The second-order valence-electron chi connectivity index (χ2n) is 3.71. The first-order chi connectivity index (χ1) is 7.61. The first-order valence-corrected chi connectivity index (χ1v) is 6.28. The number of thioether (sulfide) groups is 1. The van der Waals surface area contributed by atoms with Crippen molar-refractivity contribution in [2.45, 2.75) is 24.8 Å². The number of nitrogens with one attached hydrogen (secondary N) is 2. The Balaban J connectivity index is 2.48. The zero-order valence-corrected chi connectivity index (χ0v) is 10.7. The van der Waals surface area contributed by atoms with Gasteiger partial charge in [0.05, 0.1) is 0 Å². The molecule has 0 heterocycles. The van der Waals surface area contributed by atoms with E-state index < -0.39 is 0 Å². The topological polar surface area (TPSA) is 41.1 Å². The Kier molecular flexibility index (Phi) is 5.35. The van der Waals surface area contributed by atoms with E-state index in [0.717, 1.165) is 11.4 Å². The lowest BCUT2D eigenvalue weighted by molar-refractivity contribution is -0.114. The normalized spacial score (nSPS) is 12.2. The SMILES string of the molecule is CNC(C)CSc1ccc(NC(C)=O)cc1. The van der Waals surface area contributed by atoms with E-state index in [1.807, 2.05) is 31.3 Å². The van der Waals surface area contributed by atoms with E-state index in [1.54, 1.807) is 11.8 Å². The standard InChI is InChI=1S/C12H18N2OS/c1-9(13-3)8-16-12-6-4-11(5-7-12)14-10(2)15/h4-7,9,13H,8H2,1-3H3,(H,14,15). The predicted molar refractivity (Wildman–Crippen MR) is 70.0 cm³/mol. The molecule has 1 aromatic rings. The summed E-state index contributed by atoms with van der Waals surface area (Å²) in [6.07, 6.45) is 0. The molecule has 4 heteroatoms. The third-order valence-corrected chi connectivity index (χ3v) is 3.44. The van der Waals surface area contributed by atoms with Crippen molar-refractivity contribution in [2.24, 2.45) is 0 Å². The fourth-order valence-corrected chi connectivity index (χ4v) is 2.08. The van der Waals surface area contributed by atoms with Gasteiger partial charge in [-0.05, 0) is 38.2 Å². The van der Waals surface area contributed by atoms with Gasteiger partial charge in [-0.1, -0.05) is 0 Å². The molecule has 16 heavy (non-hydrogen) atoms. The van der Waals surface area contributed by atoms with Crippen molar-refractivity contribution in [1.82, 2.24) is 5.32 Å². The molecule has 0 aliphatic rings. The Labute approximate surface area is 101 Å². The van der Waals surface area contributed by atoms with Crippen LogP contribution in [0.4, 0.5) is 5.69 Å². The third kappa shape index (κ3) is 4.68. The summed E-state index contributed by atoms with van der Waals surface area (Å²) in [5.41, 5.74) is 0.846. The van der Waals surface area contributed by atoms with E-state index in [4.69, 9.17) is 0 Å². The number of amides is 1. The van der Waals surface area contributed by atoms with Gasteiger partial charge in [-0.15, -0.1) is 11.8 Å². The van der Waals surface area contributed by atoms with Gasteiger partial charge < -0.3 is 10.6 Å². The molecule has 0 aliphatic carbocycles. The average Bonchev–Trinajstić information content (AvgIpc) is 2.27. The van der Waals surface area contributed by atoms with Crippen molar-refractivity contribution in [3.05, 3.63) is 24.3 Å². The molecule has 0 aromatic heterocycles. The van der Waals surface area contributed by atoms with Crippen molar-refractivity contribution in [3.63, 3.8) is 0 Å². The van der Waals surface area contributed by atoms with Crippen LogP contribution >= 0.6 is 11.8 Å². The number of benzene rings is 1. The molecule has 88 valence electrons. The van der Waals surface area contributed by atoms with E-state index in [9.17, 15) is 4.79 Å². The van der Waals surface area contributed by atoms with Gasteiger partial charge in [-0.25, -0.2) is 0 Å². The molecule has 0 saturated heterocycles. The van der Waals surface area contributed by atoms with Gasteiger partial charge in [0.2, 0.25) is 5.91 Å². The molecule has 1 aromatic carbocycles. The molecular formula is C12H18N2OS. The van der Waals surface area contributed by atoms with Crippen LogP contribution in [0.2, 0.25) is 0 Å². The highest BCUT2D eigenvalue weighted by atomic mass is 32.2. The molecule has 1 rings (SSSR count). The minimum absolute atomic E-state index is 0.0378. The predicted octanol–water partition coefficient (Wildman–Crippen LogP) is 2.35. The first-order valence-electron chi connectivity index (χ1n) is 5.29. The summed E-state index contributed by atoms with van der Waals surface area (Å²) >= 11 is 1.81. The summed E-state index contributed by atoms with van der Waals surface area (Å²) in [6.45, 7) is 3.66. The van der Waals surface area contributed by atoms with Crippen molar-refractivity contribution < 1.29 is 4.79 Å². The number of hydrogen-bond donors (Lipinski definition) is 2. The van der Waals surface area contributed by atoms with Crippen molar-refractivity contribution >= 4 is 23.4 Å². The molecule has 1 atom stereocenters. The van der Waals surface area contributed by atoms with Crippen LogP contribution in [0.25, 0.3) is 0 Å². The monoisotopic (exact) mass is 238 g/mol. The second-order valence-corrected chi connectivity index (χ2v) is 4.80. The fraction of sp³-hybridized carbons (Fsp3) is 0.417. The maximum atomic E-state index is 10.8. The van der Waals surface area contributed by atoms with Crippen LogP contribution < -0.4 is 10.6 Å². The maximum Gasteiger partial charge on any atom is 0.221 e. The molecule has 3 nitrogen and oxygen atoms in total. The van der Waals surface area contributed by atoms with Gasteiger partial charge in [-0.2, -0.15) is 0 Å². The average molecular weight is 238 g/mol. The Morgan fingerprint density at radius 1 is 1.38 bits per heavy atom. The first kappa shape index (κ1) is 13.1. The van der Waals surface area contributed by atoms with Gasteiger partial charge in [0.15, 0.2) is 0 Å². The minimum Gasteiger partial charge on any atom is -0.326 e. The van der Waals surface area contributed by atoms with Crippen LogP contribution in [-0.4, -0.2) is 24.7 Å². The van der Waals surface area contributed by atoms with Crippen LogP contribution in [0.15, 0.2) is 29.2 Å². The highest BCUT2D eigenvalue weighted by molar-refractivity contribution is 7.99. The summed E-state index contributed by atoms with van der Waals surface area (Å²) < 4.78 is 0. The highest BCUT2D eigenvalue weighted by Crippen LogP contribution is 2.20. The molecular weight excluding hydrogens is 220 g/mol. The Hall–Kier alpha value is -1.00. The lowest BCUT2D eigenvalue weighted by atomic mass is 10.3. The summed E-state index contributed by atoms with van der Waals surface area (Å²) in [6, 6.07) is 8.40. The number of hydrogen-bond acceptors (Lipinski definition) is 3. The lowest BCUT2D eigenvalue weighted by Gasteiger charge is -2.09. The fourth-order valence-electron chi connectivity index (χ4n) is 1.14. The molecule has 0 bridgehead atoms. The number of carbonyl (C=O) groups excluding carboxylic acids is 1. The molecule has 0 radical (unpaired) electrons. The Bertz CT molecular complexity index is 337. The van der Waals surface area contributed by atoms with Crippen LogP contribution in [-0.2, 0) is 4.79 Å². The second kappa shape index (κ2) is 6.55. The van der Waals surface area contributed by atoms with Crippen molar-refractivity contribution in [2.75, 3.05) is 18.1 Å². The van der Waals surface area contributed by atoms with Gasteiger partial charge in [0, 0.05) is 29.3 Å². The number of anilines is 1. The summed E-state index contributed by atoms with van der Waals surface area (Å²) in [5.74, 6) is 1.000. The lowest BCUT2D eigenvalue weighted by Crippen LogP contribution is -2.23. The largest absolute Gasteiger partial charge is 0.326 e. The summed E-state index contributed by atoms with van der Waals surface area (Å²) in [4.78, 5) is 12.0. The Morgan fingerprint density at radius 2 is 2.00 bits per heavy atom. The highest BCUT2D eigenvalue weighted by Gasteiger charge is 2.00. The molecule has 0 fully saturated rings. The van der Waals surface area contributed by atoms with Crippen LogP contribution in [0.5, 0.6) is 0 Å². The smallest absolute Gasteiger partial charge is 0.221 e. The molecule has 0 spiro atoms. The van der Waals surface area contributed by atoms with E-state index in [0.29, 0.717) is 6.04 Å². The minimum atomic E-state index is -0.0378. The summed E-state index contributed by atoms with van der Waals surface area (Å²) in [7, 11) is 1.96. The van der Waals surface area contributed by atoms with Crippen LogP contribution in [0, 0.1) is 0 Å². The van der Waals surface area contributed by atoms with Crippen LogP contribution in [0.3, 0.4) is 0 Å². The van der Waals surface area contributed by atoms with E-state index in [-0.39, 0.29) is 5.91 Å². The van der Waals surface area contributed by atoms with Gasteiger partial charge >= 0.3 is 0 Å². The molecule has 2 N–H and O–H groups in total. The number of rotatable bonds is 5. The van der Waals surface area contributed by atoms with Crippen molar-refractivity contribution in [3.8, 4) is 0 Å².